The largest absolute Gasteiger partial charge is 0.481 e. The zero-order chi connectivity index (χ0) is 14.2. The van der Waals surface area contributed by atoms with Gasteiger partial charge < -0.3 is 14.7 Å². The van der Waals surface area contributed by atoms with Crippen molar-refractivity contribution in [3.05, 3.63) is 0 Å². The summed E-state index contributed by atoms with van der Waals surface area (Å²) < 4.78 is 5.79. The number of carbonyl (C=O) groups excluding carboxylic acids is 1. The van der Waals surface area contributed by atoms with Gasteiger partial charge in [-0.05, 0) is 40.0 Å². The van der Waals surface area contributed by atoms with Gasteiger partial charge in [-0.1, -0.05) is 0 Å². The first-order chi connectivity index (χ1) is 8.78. The maximum absolute atomic E-state index is 12.5. The van der Waals surface area contributed by atoms with Gasteiger partial charge in [0.15, 0.2) is 0 Å². The smallest absolute Gasteiger partial charge is 0.306 e. The second kappa shape index (κ2) is 5.12. The van der Waals surface area contributed by atoms with Crippen LogP contribution in [0.5, 0.6) is 0 Å². The van der Waals surface area contributed by atoms with E-state index in [-0.39, 0.29) is 29.4 Å². The first-order valence-electron chi connectivity index (χ1n) is 6.98. The molecule has 2 fully saturated rings. The standard InChI is InChI=1S/C14H23NO4/c1-9-7-15(8-14(2,3)19-9)12(16)10-4-5-11(6-10)13(17)18/h9-11H,4-8H2,1-3H3,(H,17,18). The summed E-state index contributed by atoms with van der Waals surface area (Å²) in [5.41, 5.74) is -0.321. The van der Waals surface area contributed by atoms with Gasteiger partial charge in [-0.2, -0.15) is 0 Å². The van der Waals surface area contributed by atoms with Gasteiger partial charge >= 0.3 is 5.97 Å². The van der Waals surface area contributed by atoms with Crippen LogP contribution >= 0.6 is 0 Å². The van der Waals surface area contributed by atoms with Gasteiger partial charge in [-0.3, -0.25) is 9.59 Å². The Hall–Kier alpha value is -1.10. The Bertz CT molecular complexity index is 380. The van der Waals surface area contributed by atoms with Crippen molar-refractivity contribution < 1.29 is 19.4 Å². The summed E-state index contributed by atoms with van der Waals surface area (Å²) >= 11 is 0. The molecule has 108 valence electrons. The molecule has 5 heteroatoms. The number of carboxylic acid groups (broad SMARTS) is 1. The van der Waals surface area contributed by atoms with Crippen LogP contribution in [0, 0.1) is 11.8 Å². The minimum atomic E-state index is -0.772. The van der Waals surface area contributed by atoms with E-state index in [1.807, 2.05) is 25.7 Å². The topological polar surface area (TPSA) is 66.8 Å². The minimum absolute atomic E-state index is 0.0318. The van der Waals surface area contributed by atoms with E-state index in [1.54, 1.807) is 0 Å². The summed E-state index contributed by atoms with van der Waals surface area (Å²) in [7, 11) is 0. The Morgan fingerprint density at radius 1 is 1.26 bits per heavy atom. The van der Waals surface area contributed by atoms with E-state index >= 15 is 0 Å². The molecule has 5 nitrogen and oxygen atoms in total. The van der Waals surface area contributed by atoms with Crippen molar-refractivity contribution in [1.29, 1.82) is 0 Å². The Kier molecular flexibility index (Phi) is 3.85. The quantitative estimate of drug-likeness (QED) is 0.825. The molecule has 3 atom stereocenters. The molecule has 0 aromatic rings. The minimum Gasteiger partial charge on any atom is -0.481 e. The lowest BCUT2D eigenvalue weighted by Crippen LogP contribution is -2.54. The summed E-state index contributed by atoms with van der Waals surface area (Å²) in [6.45, 7) is 7.13. The molecule has 1 saturated carbocycles. The van der Waals surface area contributed by atoms with E-state index in [2.05, 4.69) is 0 Å². The van der Waals surface area contributed by atoms with Crippen molar-refractivity contribution in [3.8, 4) is 0 Å². The summed E-state index contributed by atoms with van der Waals surface area (Å²) in [4.78, 5) is 25.3. The van der Waals surface area contributed by atoms with Crippen LogP contribution in [-0.2, 0) is 14.3 Å². The van der Waals surface area contributed by atoms with Gasteiger partial charge in [0.25, 0.3) is 0 Å². The first kappa shape index (κ1) is 14.3. The van der Waals surface area contributed by atoms with Crippen LogP contribution in [0.2, 0.25) is 0 Å². The van der Waals surface area contributed by atoms with Crippen LogP contribution in [0.4, 0.5) is 0 Å². The van der Waals surface area contributed by atoms with Crippen molar-refractivity contribution in [2.45, 2.75) is 51.7 Å². The number of rotatable bonds is 2. The van der Waals surface area contributed by atoms with Gasteiger partial charge in [-0.25, -0.2) is 0 Å². The number of amides is 1. The second-order valence-electron chi connectivity index (χ2n) is 6.45. The molecule has 1 saturated heterocycles. The van der Waals surface area contributed by atoms with Gasteiger partial charge in [-0.15, -0.1) is 0 Å². The Labute approximate surface area is 113 Å². The zero-order valence-electron chi connectivity index (χ0n) is 11.9. The Morgan fingerprint density at radius 2 is 1.89 bits per heavy atom. The molecule has 1 heterocycles. The van der Waals surface area contributed by atoms with E-state index in [4.69, 9.17) is 9.84 Å². The second-order valence-corrected chi connectivity index (χ2v) is 6.45. The molecular formula is C14H23NO4. The molecule has 19 heavy (non-hydrogen) atoms. The van der Waals surface area contributed by atoms with Gasteiger partial charge in [0.1, 0.15) is 0 Å². The van der Waals surface area contributed by atoms with Crippen LogP contribution in [0.15, 0.2) is 0 Å². The number of morpholine rings is 1. The van der Waals surface area contributed by atoms with Crippen LogP contribution in [-0.4, -0.2) is 46.7 Å². The number of hydrogen-bond donors (Lipinski definition) is 1. The van der Waals surface area contributed by atoms with E-state index in [0.29, 0.717) is 32.4 Å². The average Bonchev–Trinajstić information content (AvgIpc) is 2.74. The average molecular weight is 269 g/mol. The number of nitrogens with zero attached hydrogens (tertiary/aromatic N) is 1. The number of carboxylic acids is 1. The number of aliphatic carboxylic acids is 1. The summed E-state index contributed by atoms with van der Waals surface area (Å²) in [5, 5.41) is 9.00. The monoisotopic (exact) mass is 269 g/mol. The molecule has 0 aromatic heterocycles. The molecular weight excluding hydrogens is 246 g/mol. The summed E-state index contributed by atoms with van der Waals surface area (Å²) in [5.74, 6) is -1.14. The lowest BCUT2D eigenvalue weighted by molar-refractivity contribution is -0.161. The molecule has 0 aromatic carbocycles. The van der Waals surface area contributed by atoms with Gasteiger partial charge in [0, 0.05) is 19.0 Å². The molecule has 0 radical (unpaired) electrons. The highest BCUT2D eigenvalue weighted by molar-refractivity contribution is 5.81. The maximum Gasteiger partial charge on any atom is 0.306 e. The Morgan fingerprint density at radius 3 is 2.42 bits per heavy atom. The first-order valence-corrected chi connectivity index (χ1v) is 6.98. The van der Waals surface area contributed by atoms with Crippen molar-refractivity contribution in [3.63, 3.8) is 0 Å². The number of carbonyl (C=O) groups is 2. The zero-order valence-corrected chi connectivity index (χ0v) is 11.9. The molecule has 1 amide bonds. The van der Waals surface area contributed by atoms with Crippen molar-refractivity contribution in [2.75, 3.05) is 13.1 Å². The highest BCUT2D eigenvalue weighted by Crippen LogP contribution is 2.33. The van der Waals surface area contributed by atoms with E-state index in [1.165, 1.54) is 0 Å². The third kappa shape index (κ3) is 3.26. The lowest BCUT2D eigenvalue weighted by atomic mass is 10.00. The van der Waals surface area contributed by atoms with Crippen molar-refractivity contribution in [2.24, 2.45) is 11.8 Å². The van der Waals surface area contributed by atoms with E-state index < -0.39 is 5.97 Å². The predicted octanol–water partition coefficient (Wildman–Crippen LogP) is 1.51. The normalized spacial score (nSPS) is 34.3. The number of hydrogen-bond acceptors (Lipinski definition) is 3. The summed E-state index contributed by atoms with van der Waals surface area (Å²) in [6.07, 6.45) is 1.83. The lowest BCUT2D eigenvalue weighted by Gasteiger charge is -2.42. The van der Waals surface area contributed by atoms with Crippen molar-refractivity contribution >= 4 is 11.9 Å². The molecule has 0 bridgehead atoms. The van der Waals surface area contributed by atoms with E-state index in [0.717, 1.165) is 0 Å². The Balaban J connectivity index is 1.98. The van der Waals surface area contributed by atoms with Crippen LogP contribution < -0.4 is 0 Å². The van der Waals surface area contributed by atoms with Crippen LogP contribution in [0.3, 0.4) is 0 Å². The highest BCUT2D eigenvalue weighted by atomic mass is 16.5. The maximum atomic E-state index is 12.5. The SMILES string of the molecule is CC1CN(C(=O)C2CCC(C(=O)O)C2)CC(C)(C)O1. The molecule has 1 N–H and O–H groups in total. The molecule has 2 rings (SSSR count). The van der Waals surface area contributed by atoms with Crippen LogP contribution in [0.1, 0.15) is 40.0 Å². The molecule has 1 aliphatic carbocycles. The third-order valence-corrected chi connectivity index (χ3v) is 4.01. The van der Waals surface area contributed by atoms with E-state index in [9.17, 15) is 9.59 Å². The fourth-order valence-corrected chi connectivity index (χ4v) is 3.31. The van der Waals surface area contributed by atoms with Crippen LogP contribution in [0.25, 0.3) is 0 Å². The molecule has 2 aliphatic rings. The summed E-state index contributed by atoms with van der Waals surface area (Å²) in [6, 6.07) is 0. The van der Waals surface area contributed by atoms with Gasteiger partial charge in [0.2, 0.25) is 5.91 Å². The molecule has 1 aliphatic heterocycles. The fourth-order valence-electron chi connectivity index (χ4n) is 3.31. The number of ether oxygens (including phenoxy) is 1. The molecule has 0 spiro atoms. The molecule has 3 unspecified atom stereocenters. The fraction of sp³-hybridized carbons (Fsp3) is 0.857. The highest BCUT2D eigenvalue weighted by Gasteiger charge is 2.40. The van der Waals surface area contributed by atoms with Gasteiger partial charge in [0.05, 0.1) is 17.6 Å². The third-order valence-electron chi connectivity index (χ3n) is 4.01. The predicted molar refractivity (Wildman–Crippen MR) is 69.7 cm³/mol. The van der Waals surface area contributed by atoms with Crippen molar-refractivity contribution in [1.82, 2.24) is 4.90 Å².